The highest BCUT2D eigenvalue weighted by atomic mass is 16.3. The normalized spacial score (nSPS) is 25.4. The number of hydrogen-bond acceptors (Lipinski definition) is 3. The molecule has 3 nitrogen and oxygen atoms in total. The minimum atomic E-state index is -0.272. The van der Waals surface area contributed by atoms with Gasteiger partial charge in [-0.15, -0.1) is 0 Å². The van der Waals surface area contributed by atoms with Crippen LogP contribution in [0.25, 0.3) is 0 Å². The first-order valence-electron chi connectivity index (χ1n) is 7.56. The maximum Gasteiger partial charge on any atom is 0.164 e. The van der Waals surface area contributed by atoms with Crippen LogP contribution in [-0.4, -0.2) is 41.0 Å². The second-order valence-corrected chi connectivity index (χ2v) is 5.98. The van der Waals surface area contributed by atoms with E-state index in [1.807, 2.05) is 37.3 Å². The number of carbonyl (C=O) groups excluding carboxylic acids is 1. The van der Waals surface area contributed by atoms with Gasteiger partial charge in [-0.3, -0.25) is 9.69 Å². The van der Waals surface area contributed by atoms with Gasteiger partial charge in [-0.1, -0.05) is 36.8 Å². The topological polar surface area (TPSA) is 40.5 Å². The summed E-state index contributed by atoms with van der Waals surface area (Å²) in [6.07, 6.45) is 4.45. The van der Waals surface area contributed by atoms with Gasteiger partial charge in [-0.2, -0.15) is 0 Å². The number of benzene rings is 1. The van der Waals surface area contributed by atoms with Gasteiger partial charge in [0.2, 0.25) is 0 Å². The number of likely N-dealkylation sites (tertiary alicyclic amines) is 1. The van der Waals surface area contributed by atoms with Crippen LogP contribution in [0.15, 0.2) is 30.3 Å². The predicted octanol–water partition coefficient (Wildman–Crippen LogP) is 2.88. The van der Waals surface area contributed by atoms with Crippen molar-refractivity contribution < 1.29 is 9.90 Å². The molecule has 1 aliphatic heterocycles. The third kappa shape index (κ3) is 3.90. The highest BCUT2D eigenvalue weighted by Gasteiger charge is 2.29. The van der Waals surface area contributed by atoms with Crippen molar-refractivity contribution in [2.45, 2.75) is 57.2 Å². The number of aliphatic hydroxyl groups is 1. The van der Waals surface area contributed by atoms with E-state index in [2.05, 4.69) is 11.9 Å². The molecule has 0 spiro atoms. The van der Waals surface area contributed by atoms with Crippen LogP contribution in [0, 0.1) is 0 Å². The van der Waals surface area contributed by atoms with Crippen LogP contribution in [0.2, 0.25) is 0 Å². The van der Waals surface area contributed by atoms with E-state index in [9.17, 15) is 9.90 Å². The summed E-state index contributed by atoms with van der Waals surface area (Å²) >= 11 is 0. The zero-order valence-electron chi connectivity index (χ0n) is 12.5. The van der Waals surface area contributed by atoms with E-state index in [0.29, 0.717) is 18.5 Å². The standard InChI is InChI=1S/C17H25NO2/c1-13(19)11-15-9-6-10-16(18(15)2)12-17(20)14-7-4-3-5-8-14/h3-5,7-8,13,15-16,19H,6,9-12H2,1-2H3/t13-,15-,16+/m0/s1. The summed E-state index contributed by atoms with van der Waals surface area (Å²) in [5.74, 6) is 0.222. The SMILES string of the molecule is C[C@H](O)C[C@@H]1CCC[C@H](CC(=O)c2ccccc2)N1C. The van der Waals surface area contributed by atoms with Crippen molar-refractivity contribution >= 4 is 5.78 Å². The van der Waals surface area contributed by atoms with Crippen LogP contribution in [-0.2, 0) is 0 Å². The van der Waals surface area contributed by atoms with Crippen molar-refractivity contribution in [2.24, 2.45) is 0 Å². The lowest BCUT2D eigenvalue weighted by Crippen LogP contribution is -2.45. The van der Waals surface area contributed by atoms with Gasteiger partial charge in [0, 0.05) is 24.1 Å². The molecule has 1 aromatic carbocycles. The number of Topliss-reactive ketones (excluding diaryl/α,β-unsaturated/α-hetero) is 1. The largest absolute Gasteiger partial charge is 0.393 e. The minimum Gasteiger partial charge on any atom is -0.393 e. The van der Waals surface area contributed by atoms with Crippen molar-refractivity contribution in [1.29, 1.82) is 0 Å². The molecule has 0 aromatic heterocycles. The Labute approximate surface area is 121 Å². The Bertz CT molecular complexity index is 430. The molecule has 1 aromatic rings. The summed E-state index contributed by atoms with van der Waals surface area (Å²) in [4.78, 5) is 14.6. The third-order valence-corrected chi connectivity index (χ3v) is 4.36. The number of aliphatic hydroxyl groups excluding tert-OH is 1. The van der Waals surface area contributed by atoms with Crippen LogP contribution in [0.1, 0.15) is 49.4 Å². The van der Waals surface area contributed by atoms with E-state index in [1.54, 1.807) is 0 Å². The van der Waals surface area contributed by atoms with Crippen LogP contribution < -0.4 is 0 Å². The second-order valence-electron chi connectivity index (χ2n) is 5.98. The van der Waals surface area contributed by atoms with E-state index in [0.717, 1.165) is 31.2 Å². The van der Waals surface area contributed by atoms with E-state index in [1.165, 1.54) is 0 Å². The first-order valence-corrected chi connectivity index (χ1v) is 7.56. The molecule has 0 radical (unpaired) electrons. The van der Waals surface area contributed by atoms with Gasteiger partial charge in [0.15, 0.2) is 5.78 Å². The van der Waals surface area contributed by atoms with E-state index in [4.69, 9.17) is 0 Å². The van der Waals surface area contributed by atoms with E-state index in [-0.39, 0.29) is 11.9 Å². The monoisotopic (exact) mass is 275 g/mol. The molecule has 2 rings (SSSR count). The maximum atomic E-state index is 12.3. The van der Waals surface area contributed by atoms with Crippen molar-refractivity contribution in [3.05, 3.63) is 35.9 Å². The lowest BCUT2D eigenvalue weighted by molar-refractivity contribution is 0.0599. The number of rotatable bonds is 5. The molecule has 1 fully saturated rings. The summed E-state index contributed by atoms with van der Waals surface area (Å²) in [5, 5.41) is 9.57. The summed E-state index contributed by atoms with van der Waals surface area (Å²) in [7, 11) is 2.09. The van der Waals surface area contributed by atoms with Gasteiger partial charge in [0.25, 0.3) is 0 Å². The lowest BCUT2D eigenvalue weighted by Gasteiger charge is -2.40. The van der Waals surface area contributed by atoms with Gasteiger partial charge < -0.3 is 5.11 Å². The van der Waals surface area contributed by atoms with Crippen molar-refractivity contribution in [2.75, 3.05) is 7.05 Å². The maximum absolute atomic E-state index is 12.3. The molecule has 1 heterocycles. The molecule has 1 saturated heterocycles. The Hall–Kier alpha value is -1.19. The molecule has 1 N–H and O–H groups in total. The molecule has 0 unspecified atom stereocenters. The van der Waals surface area contributed by atoms with E-state index >= 15 is 0 Å². The molecular weight excluding hydrogens is 250 g/mol. The van der Waals surface area contributed by atoms with Crippen LogP contribution in [0.5, 0.6) is 0 Å². The quantitative estimate of drug-likeness (QED) is 0.840. The Morgan fingerprint density at radius 3 is 2.60 bits per heavy atom. The average molecular weight is 275 g/mol. The van der Waals surface area contributed by atoms with E-state index < -0.39 is 0 Å². The molecule has 0 amide bonds. The minimum absolute atomic E-state index is 0.222. The van der Waals surface area contributed by atoms with Gasteiger partial charge in [0.1, 0.15) is 0 Å². The molecule has 3 atom stereocenters. The first-order chi connectivity index (χ1) is 9.58. The van der Waals surface area contributed by atoms with Crippen LogP contribution in [0.3, 0.4) is 0 Å². The Kier molecular flexibility index (Phi) is 5.32. The first kappa shape index (κ1) is 15.2. The predicted molar refractivity (Wildman–Crippen MR) is 80.9 cm³/mol. The van der Waals surface area contributed by atoms with Gasteiger partial charge in [-0.05, 0) is 33.2 Å². The summed E-state index contributed by atoms with van der Waals surface area (Å²) in [5.41, 5.74) is 0.804. The zero-order valence-corrected chi connectivity index (χ0v) is 12.5. The molecule has 0 saturated carbocycles. The van der Waals surface area contributed by atoms with Crippen molar-refractivity contribution in [3.63, 3.8) is 0 Å². The summed E-state index contributed by atoms with van der Waals surface area (Å²) < 4.78 is 0. The molecule has 3 heteroatoms. The zero-order chi connectivity index (χ0) is 14.5. The Morgan fingerprint density at radius 2 is 1.95 bits per heavy atom. The fourth-order valence-electron chi connectivity index (χ4n) is 3.17. The molecule has 20 heavy (non-hydrogen) atoms. The molecule has 0 bridgehead atoms. The molecule has 0 aliphatic carbocycles. The fourth-order valence-corrected chi connectivity index (χ4v) is 3.17. The third-order valence-electron chi connectivity index (χ3n) is 4.36. The van der Waals surface area contributed by atoms with Crippen LogP contribution >= 0.6 is 0 Å². The van der Waals surface area contributed by atoms with Gasteiger partial charge >= 0.3 is 0 Å². The van der Waals surface area contributed by atoms with Crippen molar-refractivity contribution in [3.8, 4) is 0 Å². The van der Waals surface area contributed by atoms with Crippen LogP contribution in [0.4, 0.5) is 0 Å². The summed E-state index contributed by atoms with van der Waals surface area (Å²) in [6, 6.07) is 10.2. The molecule has 110 valence electrons. The Morgan fingerprint density at radius 1 is 1.30 bits per heavy atom. The van der Waals surface area contributed by atoms with Crippen molar-refractivity contribution in [1.82, 2.24) is 4.90 Å². The molecule has 1 aliphatic rings. The average Bonchev–Trinajstić information content (AvgIpc) is 2.43. The lowest BCUT2D eigenvalue weighted by atomic mass is 9.89. The number of ketones is 1. The number of hydrogen-bond donors (Lipinski definition) is 1. The number of nitrogens with zero attached hydrogens (tertiary/aromatic N) is 1. The Balaban J connectivity index is 1.96. The smallest absolute Gasteiger partial charge is 0.164 e. The highest BCUT2D eigenvalue weighted by molar-refractivity contribution is 5.96. The van der Waals surface area contributed by atoms with Gasteiger partial charge in [0.05, 0.1) is 6.10 Å². The second kappa shape index (κ2) is 7.00. The summed E-state index contributed by atoms with van der Waals surface area (Å²) in [6.45, 7) is 1.84. The number of piperidine rings is 1. The highest BCUT2D eigenvalue weighted by Crippen LogP contribution is 2.27. The van der Waals surface area contributed by atoms with Gasteiger partial charge in [-0.25, -0.2) is 0 Å². The number of carbonyl (C=O) groups is 1. The fraction of sp³-hybridized carbons (Fsp3) is 0.588. The molecular formula is C17H25NO2.